The Bertz CT molecular complexity index is 710. The summed E-state index contributed by atoms with van der Waals surface area (Å²) in [4.78, 5) is 11.5. The molecule has 0 radical (unpaired) electrons. The zero-order chi connectivity index (χ0) is 14.1. The van der Waals surface area contributed by atoms with Gasteiger partial charge in [-0.25, -0.2) is 9.97 Å². The Morgan fingerprint density at radius 3 is 3.05 bits per heavy atom. The van der Waals surface area contributed by atoms with E-state index in [-0.39, 0.29) is 6.04 Å². The maximum atomic E-state index is 4.57. The lowest BCUT2D eigenvalue weighted by atomic mass is 10.3. The van der Waals surface area contributed by atoms with Crippen molar-refractivity contribution in [1.82, 2.24) is 19.7 Å². The normalized spacial score (nSPS) is 13.2. The van der Waals surface area contributed by atoms with Crippen LogP contribution in [0.5, 0.6) is 0 Å². The summed E-state index contributed by atoms with van der Waals surface area (Å²) in [6.07, 6.45) is 5.13. The molecule has 0 aliphatic carbocycles. The van der Waals surface area contributed by atoms with Crippen molar-refractivity contribution in [2.75, 3.05) is 0 Å². The lowest BCUT2D eigenvalue weighted by Crippen LogP contribution is -2.19. The number of hydrogen-bond acceptors (Lipinski definition) is 5. The Morgan fingerprint density at radius 1 is 1.45 bits per heavy atom. The van der Waals surface area contributed by atoms with Gasteiger partial charge in [-0.2, -0.15) is 0 Å². The molecule has 0 fully saturated rings. The fourth-order valence-electron chi connectivity index (χ4n) is 2.18. The molecule has 0 amide bonds. The van der Waals surface area contributed by atoms with Crippen LogP contribution in [0, 0.1) is 6.92 Å². The lowest BCUT2D eigenvalue weighted by Gasteiger charge is -2.11. The summed E-state index contributed by atoms with van der Waals surface area (Å²) in [6.45, 7) is 7.21. The van der Waals surface area contributed by atoms with Gasteiger partial charge in [-0.05, 0) is 20.3 Å². The van der Waals surface area contributed by atoms with E-state index < -0.39 is 0 Å². The van der Waals surface area contributed by atoms with Gasteiger partial charge in [-0.3, -0.25) is 4.40 Å². The molecule has 0 bridgehead atoms. The van der Waals surface area contributed by atoms with Crippen molar-refractivity contribution in [3.05, 3.63) is 39.0 Å². The number of imidazole rings is 1. The molecule has 0 saturated heterocycles. The molecule has 0 spiro atoms. The van der Waals surface area contributed by atoms with E-state index in [1.807, 2.05) is 6.20 Å². The molecule has 3 aromatic rings. The molecule has 1 unspecified atom stereocenters. The first kappa shape index (κ1) is 13.7. The number of thiazole rings is 2. The highest BCUT2D eigenvalue weighted by Gasteiger charge is 2.13. The molecular formula is C14H18N4S2. The molecule has 3 rings (SSSR count). The van der Waals surface area contributed by atoms with Gasteiger partial charge in [0.1, 0.15) is 5.01 Å². The largest absolute Gasteiger partial charge is 0.302 e. The fourth-order valence-corrected chi connectivity index (χ4v) is 3.84. The molecule has 1 N–H and O–H groups in total. The van der Waals surface area contributed by atoms with E-state index in [4.69, 9.17) is 0 Å². The van der Waals surface area contributed by atoms with Crippen LogP contribution in [-0.2, 0) is 13.0 Å². The smallest absolute Gasteiger partial charge is 0.194 e. The van der Waals surface area contributed by atoms with Crippen LogP contribution in [0.15, 0.2) is 17.8 Å². The highest BCUT2D eigenvalue weighted by atomic mass is 32.1. The Morgan fingerprint density at radius 2 is 2.30 bits per heavy atom. The average Bonchev–Trinajstić information content (AvgIpc) is 3.11. The van der Waals surface area contributed by atoms with Crippen LogP contribution < -0.4 is 5.32 Å². The highest BCUT2D eigenvalue weighted by molar-refractivity contribution is 7.15. The van der Waals surface area contributed by atoms with Crippen LogP contribution in [0.1, 0.15) is 41.2 Å². The fraction of sp³-hybridized carbons (Fsp3) is 0.429. The summed E-state index contributed by atoms with van der Waals surface area (Å²) in [6, 6.07) is 0.267. The number of fused-ring (bicyclic) bond motifs is 1. The van der Waals surface area contributed by atoms with Crippen molar-refractivity contribution in [1.29, 1.82) is 0 Å². The van der Waals surface area contributed by atoms with Crippen molar-refractivity contribution < 1.29 is 0 Å². The maximum Gasteiger partial charge on any atom is 0.194 e. The topological polar surface area (TPSA) is 42.2 Å². The van der Waals surface area contributed by atoms with Crippen molar-refractivity contribution >= 4 is 27.6 Å². The Balaban J connectivity index is 1.72. The van der Waals surface area contributed by atoms with Crippen LogP contribution in [-0.4, -0.2) is 14.4 Å². The van der Waals surface area contributed by atoms with E-state index in [0.717, 1.165) is 28.6 Å². The van der Waals surface area contributed by atoms with Crippen molar-refractivity contribution in [2.45, 2.75) is 39.8 Å². The monoisotopic (exact) mass is 306 g/mol. The molecule has 20 heavy (non-hydrogen) atoms. The van der Waals surface area contributed by atoms with Crippen LogP contribution in [0.2, 0.25) is 0 Å². The number of hydrogen-bond donors (Lipinski definition) is 1. The maximum absolute atomic E-state index is 4.57. The molecule has 0 aliphatic rings. The minimum absolute atomic E-state index is 0.267. The van der Waals surface area contributed by atoms with E-state index in [1.165, 1.54) is 10.6 Å². The zero-order valence-corrected chi connectivity index (χ0v) is 13.5. The summed E-state index contributed by atoms with van der Waals surface area (Å²) < 4.78 is 2.17. The Kier molecular flexibility index (Phi) is 3.87. The SMILES string of the molecule is CCc1cnc(C(C)NCc2c(C)nc3sccn23)s1. The summed E-state index contributed by atoms with van der Waals surface area (Å²) in [5, 5.41) is 6.78. The third kappa shape index (κ3) is 2.51. The second kappa shape index (κ2) is 5.63. The van der Waals surface area contributed by atoms with E-state index in [9.17, 15) is 0 Å². The molecule has 0 aliphatic heterocycles. The van der Waals surface area contributed by atoms with E-state index in [2.05, 4.69) is 52.0 Å². The van der Waals surface area contributed by atoms with Gasteiger partial charge in [0.25, 0.3) is 0 Å². The van der Waals surface area contributed by atoms with Crippen LogP contribution in [0.25, 0.3) is 4.96 Å². The van der Waals surface area contributed by atoms with Gasteiger partial charge in [0.15, 0.2) is 4.96 Å². The third-order valence-electron chi connectivity index (χ3n) is 3.43. The van der Waals surface area contributed by atoms with Gasteiger partial charge in [0.2, 0.25) is 0 Å². The minimum Gasteiger partial charge on any atom is -0.302 e. The van der Waals surface area contributed by atoms with Crippen LogP contribution in [0.4, 0.5) is 0 Å². The van der Waals surface area contributed by atoms with Gasteiger partial charge >= 0.3 is 0 Å². The van der Waals surface area contributed by atoms with E-state index in [0.29, 0.717) is 0 Å². The predicted octanol–water partition coefficient (Wildman–Crippen LogP) is 3.57. The Labute approximate surface area is 126 Å². The molecule has 3 heterocycles. The number of nitrogens with zero attached hydrogens (tertiary/aromatic N) is 3. The second-order valence-corrected chi connectivity index (χ2v) is 6.84. The third-order valence-corrected chi connectivity index (χ3v) is 5.51. The first-order valence-corrected chi connectivity index (χ1v) is 8.47. The Hall–Kier alpha value is -1.24. The zero-order valence-electron chi connectivity index (χ0n) is 11.9. The molecule has 0 aromatic carbocycles. The van der Waals surface area contributed by atoms with Gasteiger partial charge in [0, 0.05) is 29.2 Å². The van der Waals surface area contributed by atoms with Crippen LogP contribution >= 0.6 is 22.7 Å². The number of aryl methyl sites for hydroxylation is 2. The second-order valence-electron chi connectivity index (χ2n) is 4.82. The van der Waals surface area contributed by atoms with Crippen molar-refractivity contribution in [2.24, 2.45) is 0 Å². The average molecular weight is 306 g/mol. The summed E-state index contributed by atoms with van der Waals surface area (Å²) in [7, 11) is 0. The number of rotatable bonds is 5. The molecule has 4 nitrogen and oxygen atoms in total. The predicted molar refractivity (Wildman–Crippen MR) is 84.6 cm³/mol. The minimum atomic E-state index is 0.267. The lowest BCUT2D eigenvalue weighted by molar-refractivity contribution is 0.562. The number of aromatic nitrogens is 3. The van der Waals surface area contributed by atoms with Crippen molar-refractivity contribution in [3.63, 3.8) is 0 Å². The molecule has 106 valence electrons. The van der Waals surface area contributed by atoms with E-state index >= 15 is 0 Å². The summed E-state index contributed by atoms with van der Waals surface area (Å²) in [5.41, 5.74) is 2.34. The van der Waals surface area contributed by atoms with Crippen LogP contribution in [0.3, 0.4) is 0 Å². The first-order valence-electron chi connectivity index (χ1n) is 6.78. The van der Waals surface area contributed by atoms with Gasteiger partial charge in [0.05, 0.1) is 17.4 Å². The summed E-state index contributed by atoms with van der Waals surface area (Å²) in [5.74, 6) is 0. The number of nitrogens with one attached hydrogen (secondary N) is 1. The molecule has 1 atom stereocenters. The standard InChI is InChI=1S/C14H18N4S2/c1-4-11-7-16-13(20-11)10(3)15-8-12-9(2)17-14-18(12)5-6-19-14/h5-7,10,15H,4,8H2,1-3H3. The van der Waals surface area contributed by atoms with Gasteiger partial charge < -0.3 is 5.32 Å². The molecule has 6 heteroatoms. The van der Waals surface area contributed by atoms with Gasteiger partial charge in [-0.15, -0.1) is 22.7 Å². The molecular weight excluding hydrogens is 288 g/mol. The molecule has 3 aromatic heterocycles. The van der Waals surface area contributed by atoms with E-state index in [1.54, 1.807) is 22.7 Å². The quantitative estimate of drug-likeness (QED) is 0.783. The highest BCUT2D eigenvalue weighted by Crippen LogP contribution is 2.22. The van der Waals surface area contributed by atoms with Crippen molar-refractivity contribution in [3.8, 4) is 0 Å². The van der Waals surface area contributed by atoms with Gasteiger partial charge in [-0.1, -0.05) is 6.92 Å². The first-order chi connectivity index (χ1) is 9.69. The summed E-state index contributed by atoms with van der Waals surface area (Å²) >= 11 is 3.47. The molecule has 0 saturated carbocycles.